The van der Waals surface area contributed by atoms with Crippen molar-refractivity contribution < 1.29 is 23.9 Å². The molecule has 1 aliphatic rings. The second-order valence-corrected chi connectivity index (χ2v) is 6.45. The molecule has 1 atom stereocenters. The van der Waals surface area contributed by atoms with Gasteiger partial charge in [-0.15, -0.1) is 0 Å². The first-order chi connectivity index (χ1) is 14.0. The van der Waals surface area contributed by atoms with Gasteiger partial charge in [0, 0.05) is 0 Å². The van der Waals surface area contributed by atoms with Crippen molar-refractivity contribution in [2.24, 2.45) is 0 Å². The minimum atomic E-state index is -0.564. The number of hydrogen-bond acceptors (Lipinski definition) is 5. The Labute approximate surface area is 168 Å². The summed E-state index contributed by atoms with van der Waals surface area (Å²) in [6, 6.07) is 15.8. The van der Waals surface area contributed by atoms with E-state index in [2.05, 4.69) is 10.6 Å². The van der Waals surface area contributed by atoms with Crippen LogP contribution >= 0.6 is 0 Å². The van der Waals surface area contributed by atoms with E-state index in [9.17, 15) is 14.4 Å². The van der Waals surface area contributed by atoms with E-state index in [1.165, 1.54) is 0 Å². The summed E-state index contributed by atoms with van der Waals surface area (Å²) in [6.07, 6.45) is 0. The van der Waals surface area contributed by atoms with E-state index in [4.69, 9.17) is 9.47 Å². The summed E-state index contributed by atoms with van der Waals surface area (Å²) in [5.74, 6) is -1.12. The number of ether oxygens (including phenoxy) is 2. The predicted molar refractivity (Wildman–Crippen MR) is 107 cm³/mol. The van der Waals surface area contributed by atoms with Crippen LogP contribution in [0.25, 0.3) is 11.1 Å². The topological polar surface area (TPSA) is 93.7 Å². The summed E-state index contributed by atoms with van der Waals surface area (Å²) < 4.78 is 10.4. The SMILES string of the molecule is CCOC(=O)C1=C(COC(=O)c2ccc(-c3ccccc3)cc2)NC(=O)N[C@H]1C. The van der Waals surface area contributed by atoms with Crippen LogP contribution in [0.5, 0.6) is 0 Å². The Hall–Kier alpha value is -3.61. The monoisotopic (exact) mass is 394 g/mol. The first kappa shape index (κ1) is 20.1. The van der Waals surface area contributed by atoms with Gasteiger partial charge < -0.3 is 20.1 Å². The van der Waals surface area contributed by atoms with E-state index < -0.39 is 24.0 Å². The lowest BCUT2D eigenvalue weighted by atomic mass is 10.0. The number of carbonyl (C=O) groups is 3. The molecule has 0 spiro atoms. The van der Waals surface area contributed by atoms with Crippen LogP contribution in [0.4, 0.5) is 4.79 Å². The summed E-state index contributed by atoms with van der Waals surface area (Å²) >= 11 is 0. The van der Waals surface area contributed by atoms with Gasteiger partial charge in [-0.1, -0.05) is 42.5 Å². The molecule has 2 aromatic carbocycles. The van der Waals surface area contributed by atoms with Gasteiger partial charge in [-0.3, -0.25) is 0 Å². The van der Waals surface area contributed by atoms with Gasteiger partial charge in [0.05, 0.1) is 29.5 Å². The number of esters is 2. The Balaban J connectivity index is 1.72. The molecule has 0 bridgehead atoms. The fourth-order valence-corrected chi connectivity index (χ4v) is 3.04. The second kappa shape index (κ2) is 9.05. The minimum Gasteiger partial charge on any atom is -0.463 e. The standard InChI is InChI=1S/C22H22N2O5/c1-3-28-21(26)19-14(2)23-22(27)24-18(19)13-29-20(25)17-11-9-16(10-12-17)15-7-5-4-6-8-15/h4-12,14H,3,13H2,1-2H3,(H2,23,24,27)/t14-/m0/s1. The Bertz CT molecular complexity index is 935. The summed E-state index contributed by atoms with van der Waals surface area (Å²) in [6.45, 7) is 3.31. The van der Waals surface area contributed by atoms with Crippen molar-refractivity contribution in [2.75, 3.05) is 13.2 Å². The third-order valence-electron chi connectivity index (χ3n) is 4.44. The second-order valence-electron chi connectivity index (χ2n) is 6.45. The van der Waals surface area contributed by atoms with E-state index in [0.717, 1.165) is 11.1 Å². The van der Waals surface area contributed by atoms with Gasteiger partial charge in [-0.05, 0) is 37.1 Å². The molecule has 0 unspecified atom stereocenters. The van der Waals surface area contributed by atoms with Crippen molar-refractivity contribution in [3.8, 4) is 11.1 Å². The van der Waals surface area contributed by atoms with Crippen molar-refractivity contribution in [1.82, 2.24) is 10.6 Å². The van der Waals surface area contributed by atoms with Gasteiger partial charge >= 0.3 is 18.0 Å². The maximum Gasteiger partial charge on any atom is 0.338 e. The van der Waals surface area contributed by atoms with Gasteiger partial charge in [0.15, 0.2) is 0 Å². The number of benzene rings is 2. The first-order valence-corrected chi connectivity index (χ1v) is 9.30. The largest absolute Gasteiger partial charge is 0.463 e. The fraction of sp³-hybridized carbons (Fsp3) is 0.227. The molecule has 1 heterocycles. The van der Waals surface area contributed by atoms with Crippen molar-refractivity contribution >= 4 is 18.0 Å². The van der Waals surface area contributed by atoms with Crippen LogP contribution < -0.4 is 10.6 Å². The van der Waals surface area contributed by atoms with Crippen molar-refractivity contribution in [2.45, 2.75) is 19.9 Å². The molecule has 0 saturated heterocycles. The summed E-state index contributed by atoms with van der Waals surface area (Å²) in [5, 5.41) is 5.12. The van der Waals surface area contributed by atoms with Crippen LogP contribution in [0, 0.1) is 0 Å². The molecule has 3 rings (SSSR count). The molecule has 150 valence electrons. The van der Waals surface area contributed by atoms with E-state index in [1.54, 1.807) is 26.0 Å². The lowest BCUT2D eigenvalue weighted by molar-refractivity contribution is -0.139. The van der Waals surface area contributed by atoms with Crippen LogP contribution in [0.3, 0.4) is 0 Å². The molecule has 0 aromatic heterocycles. The van der Waals surface area contributed by atoms with E-state index in [1.807, 2.05) is 42.5 Å². The quantitative estimate of drug-likeness (QED) is 0.735. The molecule has 0 fully saturated rings. The van der Waals surface area contributed by atoms with Gasteiger partial charge in [0.1, 0.15) is 6.61 Å². The van der Waals surface area contributed by atoms with E-state index >= 15 is 0 Å². The third kappa shape index (κ3) is 4.82. The molecule has 29 heavy (non-hydrogen) atoms. The van der Waals surface area contributed by atoms with Crippen molar-refractivity contribution in [3.63, 3.8) is 0 Å². The molecule has 0 radical (unpaired) electrons. The van der Waals surface area contributed by atoms with Gasteiger partial charge in [-0.2, -0.15) is 0 Å². The third-order valence-corrected chi connectivity index (χ3v) is 4.44. The zero-order valence-electron chi connectivity index (χ0n) is 16.2. The van der Waals surface area contributed by atoms with E-state index in [-0.39, 0.29) is 24.5 Å². The Kier molecular flexibility index (Phi) is 6.29. The van der Waals surface area contributed by atoms with Crippen LogP contribution in [0.15, 0.2) is 65.9 Å². The smallest absolute Gasteiger partial charge is 0.338 e. The highest BCUT2D eigenvalue weighted by atomic mass is 16.5. The fourth-order valence-electron chi connectivity index (χ4n) is 3.04. The highest BCUT2D eigenvalue weighted by Crippen LogP contribution is 2.20. The number of nitrogens with one attached hydrogen (secondary N) is 2. The minimum absolute atomic E-state index is 0.198. The normalized spacial score (nSPS) is 15.9. The number of hydrogen-bond donors (Lipinski definition) is 2. The molecule has 0 aliphatic carbocycles. The van der Waals surface area contributed by atoms with Crippen LogP contribution in [0.1, 0.15) is 24.2 Å². The van der Waals surface area contributed by atoms with Crippen LogP contribution in [0.2, 0.25) is 0 Å². The average molecular weight is 394 g/mol. The van der Waals surface area contributed by atoms with Crippen molar-refractivity contribution in [3.05, 3.63) is 71.4 Å². The van der Waals surface area contributed by atoms with Gasteiger partial charge in [0.25, 0.3) is 0 Å². The Morgan fingerprint density at radius 1 is 0.931 bits per heavy atom. The van der Waals surface area contributed by atoms with Crippen LogP contribution in [-0.2, 0) is 14.3 Å². The molecule has 7 heteroatoms. The average Bonchev–Trinajstić information content (AvgIpc) is 2.72. The van der Waals surface area contributed by atoms with Gasteiger partial charge in [-0.25, -0.2) is 14.4 Å². The Morgan fingerprint density at radius 3 is 2.24 bits per heavy atom. The lowest BCUT2D eigenvalue weighted by Crippen LogP contribution is -2.50. The highest BCUT2D eigenvalue weighted by molar-refractivity contribution is 5.95. The number of amides is 2. The molecule has 7 nitrogen and oxygen atoms in total. The zero-order valence-corrected chi connectivity index (χ0v) is 16.2. The number of rotatable bonds is 6. The molecular formula is C22H22N2O5. The van der Waals surface area contributed by atoms with Gasteiger partial charge in [0.2, 0.25) is 0 Å². The summed E-state index contributed by atoms with van der Waals surface area (Å²) in [5.41, 5.74) is 2.85. The summed E-state index contributed by atoms with van der Waals surface area (Å²) in [4.78, 5) is 36.4. The molecular weight excluding hydrogens is 372 g/mol. The zero-order chi connectivity index (χ0) is 20.8. The highest BCUT2D eigenvalue weighted by Gasteiger charge is 2.30. The van der Waals surface area contributed by atoms with E-state index in [0.29, 0.717) is 5.56 Å². The predicted octanol–water partition coefficient (Wildman–Crippen LogP) is 3.03. The molecule has 2 amide bonds. The first-order valence-electron chi connectivity index (χ1n) is 9.30. The number of carbonyl (C=O) groups excluding carboxylic acids is 3. The maximum absolute atomic E-state index is 12.4. The van der Waals surface area contributed by atoms with Crippen LogP contribution in [-0.4, -0.2) is 37.2 Å². The molecule has 2 aromatic rings. The molecule has 2 N–H and O–H groups in total. The Morgan fingerprint density at radius 2 is 1.59 bits per heavy atom. The number of urea groups is 1. The molecule has 0 saturated carbocycles. The lowest BCUT2D eigenvalue weighted by Gasteiger charge is -2.26. The summed E-state index contributed by atoms with van der Waals surface area (Å²) in [7, 11) is 0. The molecule has 1 aliphatic heterocycles. The van der Waals surface area contributed by atoms with Crippen molar-refractivity contribution in [1.29, 1.82) is 0 Å². The maximum atomic E-state index is 12.4.